The van der Waals surface area contributed by atoms with E-state index in [0.717, 1.165) is 56.1 Å². The van der Waals surface area contributed by atoms with E-state index in [1.807, 2.05) is 4.90 Å². The van der Waals surface area contributed by atoms with Crippen LogP contribution in [0.5, 0.6) is 0 Å². The van der Waals surface area contributed by atoms with Crippen LogP contribution < -0.4 is 10.6 Å². The fourth-order valence-electron chi connectivity index (χ4n) is 6.14. The van der Waals surface area contributed by atoms with Crippen LogP contribution in [0.25, 0.3) is 0 Å². The third-order valence-corrected chi connectivity index (χ3v) is 7.51. The van der Waals surface area contributed by atoms with Gasteiger partial charge in [0.1, 0.15) is 5.52 Å². The van der Waals surface area contributed by atoms with Crippen molar-refractivity contribution in [1.29, 1.82) is 0 Å². The van der Waals surface area contributed by atoms with Crippen molar-refractivity contribution in [3.05, 3.63) is 12.4 Å². The van der Waals surface area contributed by atoms with Gasteiger partial charge in [-0.15, -0.1) is 0 Å². The molecule has 0 spiro atoms. The molecule has 0 aromatic carbocycles. The Hall–Kier alpha value is -1.09. The second-order valence-electron chi connectivity index (χ2n) is 11.0. The van der Waals surface area contributed by atoms with Gasteiger partial charge in [-0.3, -0.25) is 9.59 Å². The number of nitrogens with zero attached hydrogens (tertiary/aromatic N) is 1. The Balaban J connectivity index is 0.00000114. The number of carbonyl (C=O) groups excluding carboxylic acids is 2. The molecule has 2 aliphatic carbocycles. The Morgan fingerprint density at radius 2 is 1.62 bits per heavy atom. The molecule has 32 heavy (non-hydrogen) atoms. The van der Waals surface area contributed by atoms with Gasteiger partial charge in [0.2, 0.25) is 5.91 Å². The minimum atomic E-state index is 0.00764. The molecule has 0 aromatic heterocycles. The van der Waals surface area contributed by atoms with Crippen molar-refractivity contribution in [2.45, 2.75) is 97.4 Å². The fourth-order valence-corrected chi connectivity index (χ4v) is 6.29. The van der Waals surface area contributed by atoms with E-state index in [1.165, 1.54) is 38.5 Å². The quantitative estimate of drug-likeness (QED) is 0.491. The van der Waals surface area contributed by atoms with Gasteiger partial charge < -0.3 is 15.5 Å². The van der Waals surface area contributed by atoms with Crippen LogP contribution in [0.1, 0.15) is 91.9 Å². The third-order valence-electron chi connectivity index (χ3n) is 7.23. The molecule has 3 rings (SSSR count). The van der Waals surface area contributed by atoms with Crippen molar-refractivity contribution >= 4 is 20.7 Å². The predicted octanol–water partition coefficient (Wildman–Crippen LogP) is 5.08. The summed E-state index contributed by atoms with van der Waals surface area (Å²) in [6.07, 6.45) is 10.7. The molecule has 3 atom stereocenters. The maximum Gasteiger partial charge on any atom is 0.223 e. The second-order valence-corrected chi connectivity index (χ2v) is 11.6. The van der Waals surface area contributed by atoms with Crippen molar-refractivity contribution in [2.24, 2.45) is 23.7 Å². The van der Waals surface area contributed by atoms with Gasteiger partial charge in [-0.05, 0) is 75.5 Å². The average molecular weight is 466 g/mol. The van der Waals surface area contributed by atoms with Crippen LogP contribution in [0.4, 0.5) is 0 Å². The summed E-state index contributed by atoms with van der Waals surface area (Å²) < 4.78 is 0. The number of hydrogen-bond acceptors (Lipinski definition) is 4. The van der Waals surface area contributed by atoms with Crippen LogP contribution in [0.2, 0.25) is 0 Å². The van der Waals surface area contributed by atoms with Gasteiger partial charge >= 0.3 is 0 Å². The number of likely N-dealkylation sites (tertiary alicyclic amines) is 1. The molecule has 0 radical (unpaired) electrons. The van der Waals surface area contributed by atoms with Crippen molar-refractivity contribution in [2.75, 3.05) is 19.6 Å². The zero-order valence-corrected chi connectivity index (χ0v) is 22.2. The van der Waals surface area contributed by atoms with Gasteiger partial charge in [-0.2, -0.15) is 0 Å². The van der Waals surface area contributed by atoms with Crippen LogP contribution in [-0.2, 0) is 9.59 Å². The molecule has 1 aliphatic heterocycles. The highest BCUT2D eigenvalue weighted by molar-refractivity contribution is 7.40. The Morgan fingerprint density at radius 1 is 1.06 bits per heavy atom. The minimum absolute atomic E-state index is 0.00764. The molecular formula is C26H48N3O2P. The maximum atomic E-state index is 12.2. The maximum absolute atomic E-state index is 12.2. The normalized spacial score (nSPS) is 30.0. The van der Waals surface area contributed by atoms with E-state index in [9.17, 15) is 9.59 Å². The molecule has 2 bridgehead atoms. The van der Waals surface area contributed by atoms with Crippen LogP contribution in [0, 0.1) is 23.7 Å². The van der Waals surface area contributed by atoms with Gasteiger partial charge in [-0.25, -0.2) is 0 Å². The highest BCUT2D eigenvalue weighted by atomic mass is 31.0. The van der Waals surface area contributed by atoms with E-state index in [2.05, 4.69) is 54.1 Å². The topological polar surface area (TPSA) is 61.4 Å². The molecule has 3 aliphatic rings. The number of carbonyl (C=O) groups is 2. The summed E-state index contributed by atoms with van der Waals surface area (Å²) in [5.41, 5.74) is 0.177. The fraction of sp³-hybridized carbons (Fsp3) is 0.846. The number of nitrogens with one attached hydrogen (secondary N) is 2. The van der Waals surface area contributed by atoms with Crippen molar-refractivity contribution in [3.63, 3.8) is 0 Å². The van der Waals surface area contributed by atoms with E-state index in [1.54, 1.807) is 0 Å². The van der Waals surface area contributed by atoms with Crippen LogP contribution in [0.3, 0.4) is 0 Å². The smallest absolute Gasteiger partial charge is 0.223 e. The van der Waals surface area contributed by atoms with Gasteiger partial charge in [0, 0.05) is 38.0 Å². The van der Waals surface area contributed by atoms with Crippen LogP contribution >= 0.6 is 9.24 Å². The summed E-state index contributed by atoms with van der Waals surface area (Å²) in [6.45, 7) is 15.8. The first-order chi connectivity index (χ1) is 15.1. The number of fused-ring (bicyclic) bond motifs is 2. The van der Waals surface area contributed by atoms with Crippen molar-refractivity contribution in [3.8, 4) is 0 Å². The molecule has 6 heteroatoms. The zero-order chi connectivity index (χ0) is 23.7. The summed E-state index contributed by atoms with van der Waals surface area (Å²) in [6, 6.07) is 0. The summed E-state index contributed by atoms with van der Waals surface area (Å²) in [5.74, 6) is 4.27. The minimum Gasteiger partial charge on any atom is -0.372 e. The summed E-state index contributed by atoms with van der Waals surface area (Å²) in [7, 11) is 2.15. The Morgan fingerprint density at radius 3 is 2.16 bits per heavy atom. The number of hydrogen-bond donors (Lipinski definition) is 2. The summed E-state index contributed by atoms with van der Waals surface area (Å²) in [4.78, 5) is 25.1. The lowest BCUT2D eigenvalue weighted by Gasteiger charge is -2.48. The SMILES string of the molecule is C=C(NCC1CCN(C(=O)CCC(=O)P)CC1)NC1(C)CC2CC(C)CC(C2)C1.CCC. The molecule has 2 N–H and O–H groups in total. The van der Waals surface area contributed by atoms with Crippen molar-refractivity contribution in [1.82, 2.24) is 15.5 Å². The molecular weight excluding hydrogens is 417 g/mol. The van der Waals surface area contributed by atoms with E-state index in [4.69, 9.17) is 0 Å². The largest absolute Gasteiger partial charge is 0.372 e. The molecule has 5 nitrogen and oxygen atoms in total. The third kappa shape index (κ3) is 9.04. The molecule has 184 valence electrons. The van der Waals surface area contributed by atoms with Gasteiger partial charge in [0.05, 0.1) is 5.82 Å². The molecule has 3 fully saturated rings. The van der Waals surface area contributed by atoms with Crippen LogP contribution in [-0.4, -0.2) is 41.5 Å². The molecule has 3 unspecified atom stereocenters. The first kappa shape index (κ1) is 27.2. The highest BCUT2D eigenvalue weighted by Gasteiger charge is 2.41. The lowest BCUT2D eigenvalue weighted by atomic mass is 9.62. The number of piperidine rings is 1. The summed E-state index contributed by atoms with van der Waals surface area (Å²) >= 11 is 0. The predicted molar refractivity (Wildman–Crippen MR) is 137 cm³/mol. The molecule has 0 aromatic rings. The highest BCUT2D eigenvalue weighted by Crippen LogP contribution is 2.46. The Bertz CT molecular complexity index is 613. The summed E-state index contributed by atoms with van der Waals surface area (Å²) in [5, 5.41) is 7.26. The first-order valence-corrected chi connectivity index (χ1v) is 13.5. The van der Waals surface area contributed by atoms with Gasteiger partial charge in [0.15, 0.2) is 0 Å². The molecule has 1 saturated heterocycles. The van der Waals surface area contributed by atoms with Gasteiger partial charge in [0.25, 0.3) is 0 Å². The molecule has 1 amide bonds. The van der Waals surface area contributed by atoms with E-state index in [-0.39, 0.29) is 17.0 Å². The lowest BCUT2D eigenvalue weighted by Crippen LogP contribution is -2.52. The monoisotopic (exact) mass is 465 g/mol. The average Bonchev–Trinajstić information content (AvgIpc) is 2.70. The van der Waals surface area contributed by atoms with E-state index in [0.29, 0.717) is 18.8 Å². The zero-order valence-electron chi connectivity index (χ0n) is 21.0. The Labute approximate surface area is 199 Å². The molecule has 1 heterocycles. The van der Waals surface area contributed by atoms with Crippen LogP contribution in [0.15, 0.2) is 12.4 Å². The van der Waals surface area contributed by atoms with E-state index >= 15 is 0 Å². The van der Waals surface area contributed by atoms with E-state index < -0.39 is 0 Å². The number of rotatable bonds is 8. The molecule has 2 saturated carbocycles. The van der Waals surface area contributed by atoms with Crippen molar-refractivity contribution < 1.29 is 9.59 Å². The van der Waals surface area contributed by atoms with Gasteiger partial charge in [-0.1, -0.05) is 43.0 Å². The lowest BCUT2D eigenvalue weighted by molar-refractivity contribution is -0.133. The Kier molecular flexibility index (Phi) is 11.0. The number of amides is 1. The first-order valence-electron chi connectivity index (χ1n) is 12.9. The standard InChI is InChI=1S/C23H40N3O2P.C3H8/c1-16-10-19-12-20(11-16)14-23(3,13-19)25-17(2)24-15-18-6-8-26(9-7-18)21(27)4-5-22(28)29;1-3-2/h16,18-20,24-25H,2,4-15,29H2,1,3H3;3H2,1-2H3. The second kappa shape index (κ2) is 13.0.